The van der Waals surface area contributed by atoms with Gasteiger partial charge >= 0.3 is 0 Å². The van der Waals surface area contributed by atoms with Gasteiger partial charge in [0.25, 0.3) is 0 Å². The van der Waals surface area contributed by atoms with Gasteiger partial charge in [-0.05, 0) is 54.8 Å². The normalized spacial score (nSPS) is 10.5. The molecule has 0 amide bonds. The van der Waals surface area contributed by atoms with Crippen LogP contribution in [0.3, 0.4) is 0 Å². The van der Waals surface area contributed by atoms with E-state index in [2.05, 4.69) is 54.1 Å². The van der Waals surface area contributed by atoms with E-state index in [0.29, 0.717) is 0 Å². The zero-order chi connectivity index (χ0) is 17.6. The molecule has 2 heterocycles. The van der Waals surface area contributed by atoms with Gasteiger partial charge < -0.3 is 10.2 Å². The number of anilines is 3. The monoisotopic (exact) mass is 397 g/mol. The number of nitrogens with zero attached hydrogens (tertiary/aromatic N) is 4. The summed E-state index contributed by atoms with van der Waals surface area (Å²) in [6.45, 7) is 2.94. The summed E-state index contributed by atoms with van der Waals surface area (Å²) in [7, 11) is 2.04. The van der Waals surface area contributed by atoms with E-state index < -0.39 is 0 Å². The Balaban J connectivity index is 1.66. The molecular formula is C19H20BrN5. The molecule has 3 rings (SSSR count). The van der Waals surface area contributed by atoms with E-state index in [-0.39, 0.29) is 0 Å². The summed E-state index contributed by atoms with van der Waals surface area (Å²) in [5.41, 5.74) is 3.44. The second-order valence-corrected chi connectivity index (χ2v) is 6.73. The molecule has 0 aliphatic carbocycles. The van der Waals surface area contributed by atoms with Crippen LogP contribution in [-0.4, -0.2) is 28.5 Å². The molecule has 25 heavy (non-hydrogen) atoms. The van der Waals surface area contributed by atoms with E-state index in [9.17, 15) is 0 Å². The molecule has 0 saturated heterocycles. The van der Waals surface area contributed by atoms with Crippen molar-refractivity contribution in [3.8, 4) is 0 Å². The molecule has 6 heteroatoms. The molecule has 0 fully saturated rings. The third-order valence-electron chi connectivity index (χ3n) is 3.96. The summed E-state index contributed by atoms with van der Waals surface area (Å²) in [5, 5.41) is 3.33. The maximum Gasteiger partial charge on any atom is 0.135 e. The van der Waals surface area contributed by atoms with Crippen LogP contribution >= 0.6 is 15.9 Å². The maximum atomic E-state index is 4.38. The van der Waals surface area contributed by atoms with Crippen LogP contribution in [0.5, 0.6) is 0 Å². The van der Waals surface area contributed by atoms with Crippen LogP contribution in [0, 0.1) is 6.92 Å². The Bertz CT molecular complexity index is 838. The lowest BCUT2D eigenvalue weighted by Crippen LogP contribution is -2.21. The summed E-state index contributed by atoms with van der Waals surface area (Å²) < 4.78 is 1.09. The van der Waals surface area contributed by atoms with Crippen LogP contribution < -0.4 is 10.2 Å². The number of hydrogen-bond acceptors (Lipinski definition) is 5. The highest BCUT2D eigenvalue weighted by atomic mass is 79.9. The van der Waals surface area contributed by atoms with Gasteiger partial charge in [-0.1, -0.05) is 15.9 Å². The molecule has 5 nitrogen and oxygen atoms in total. The van der Waals surface area contributed by atoms with Gasteiger partial charge in [-0.25, -0.2) is 9.97 Å². The van der Waals surface area contributed by atoms with Crippen molar-refractivity contribution in [2.45, 2.75) is 13.3 Å². The lowest BCUT2D eigenvalue weighted by Gasteiger charge is -2.18. The topological polar surface area (TPSA) is 53.9 Å². The van der Waals surface area contributed by atoms with Crippen molar-refractivity contribution in [1.82, 2.24) is 15.0 Å². The molecule has 0 bridgehead atoms. The molecule has 0 spiro atoms. The van der Waals surface area contributed by atoms with Gasteiger partial charge in [0.2, 0.25) is 0 Å². The zero-order valence-electron chi connectivity index (χ0n) is 14.3. The van der Waals surface area contributed by atoms with Gasteiger partial charge in [0.15, 0.2) is 0 Å². The van der Waals surface area contributed by atoms with Gasteiger partial charge in [0.1, 0.15) is 18.0 Å². The first-order valence-corrected chi connectivity index (χ1v) is 8.86. The Labute approximate surface area is 156 Å². The summed E-state index contributed by atoms with van der Waals surface area (Å²) in [4.78, 5) is 14.9. The number of aromatic nitrogens is 3. The first kappa shape index (κ1) is 17.4. The minimum atomic E-state index is 0.780. The van der Waals surface area contributed by atoms with Crippen molar-refractivity contribution >= 4 is 33.3 Å². The van der Waals surface area contributed by atoms with Crippen LogP contribution in [-0.2, 0) is 6.42 Å². The average molecular weight is 398 g/mol. The van der Waals surface area contributed by atoms with E-state index >= 15 is 0 Å². The second-order valence-electron chi connectivity index (χ2n) is 5.88. The number of hydrogen-bond donors (Lipinski definition) is 1. The number of likely N-dealkylation sites (N-methyl/N-ethyl adjacent to an activating group) is 1. The summed E-state index contributed by atoms with van der Waals surface area (Å²) in [5.74, 6) is 1.67. The molecule has 3 aromatic rings. The average Bonchev–Trinajstić information content (AvgIpc) is 2.64. The van der Waals surface area contributed by atoms with E-state index in [1.54, 1.807) is 6.33 Å². The molecule has 0 atom stereocenters. The first-order valence-electron chi connectivity index (χ1n) is 8.07. The minimum Gasteiger partial charge on any atom is -0.359 e. The van der Waals surface area contributed by atoms with Gasteiger partial charge in [0.05, 0.1) is 0 Å². The lowest BCUT2D eigenvalue weighted by molar-refractivity contribution is 0.855. The fourth-order valence-corrected chi connectivity index (χ4v) is 2.70. The molecule has 0 aliphatic heterocycles. The number of benzene rings is 1. The molecule has 1 N–H and O–H groups in total. The van der Waals surface area contributed by atoms with Crippen LogP contribution in [0.25, 0.3) is 0 Å². The van der Waals surface area contributed by atoms with Crippen molar-refractivity contribution < 1.29 is 0 Å². The Kier molecular flexibility index (Phi) is 5.60. The van der Waals surface area contributed by atoms with E-state index in [1.807, 2.05) is 49.8 Å². The Hall–Kier alpha value is -2.47. The third-order valence-corrected chi connectivity index (χ3v) is 4.85. The van der Waals surface area contributed by atoms with Crippen molar-refractivity contribution in [3.63, 3.8) is 0 Å². The molecule has 1 aromatic carbocycles. The summed E-state index contributed by atoms with van der Waals surface area (Å²) in [6.07, 6.45) is 6.18. The van der Waals surface area contributed by atoms with Gasteiger partial charge in [0, 0.05) is 42.2 Å². The second kappa shape index (κ2) is 8.07. The SMILES string of the molecule is Cc1cc(Nc2cc(N(C)CCc3ccncc3)ncn2)ccc1Br. The third kappa shape index (κ3) is 4.76. The Morgan fingerprint density at radius 3 is 2.64 bits per heavy atom. The molecule has 0 unspecified atom stereocenters. The smallest absolute Gasteiger partial charge is 0.135 e. The minimum absolute atomic E-state index is 0.780. The van der Waals surface area contributed by atoms with Crippen LogP contribution in [0.1, 0.15) is 11.1 Å². The van der Waals surface area contributed by atoms with Gasteiger partial charge in [-0.2, -0.15) is 0 Å². The number of rotatable bonds is 6. The van der Waals surface area contributed by atoms with Gasteiger partial charge in [-0.15, -0.1) is 0 Å². The Morgan fingerprint density at radius 2 is 1.88 bits per heavy atom. The van der Waals surface area contributed by atoms with E-state index in [1.165, 1.54) is 11.1 Å². The highest BCUT2D eigenvalue weighted by Gasteiger charge is 2.06. The predicted molar refractivity (Wildman–Crippen MR) is 105 cm³/mol. The number of aryl methyl sites for hydroxylation is 1. The molecular weight excluding hydrogens is 378 g/mol. The molecule has 2 aromatic heterocycles. The quantitative estimate of drug-likeness (QED) is 0.669. The van der Waals surface area contributed by atoms with Crippen molar-refractivity contribution in [3.05, 3.63) is 70.7 Å². The van der Waals surface area contributed by atoms with Crippen molar-refractivity contribution in [2.75, 3.05) is 23.8 Å². The molecule has 0 radical (unpaired) electrons. The molecule has 0 aliphatic rings. The number of halogens is 1. The predicted octanol–water partition coefficient (Wildman–Crippen LogP) is 4.37. The van der Waals surface area contributed by atoms with E-state index in [0.717, 1.165) is 34.8 Å². The summed E-state index contributed by atoms with van der Waals surface area (Å²) in [6, 6.07) is 12.2. The largest absolute Gasteiger partial charge is 0.359 e. The molecule has 0 saturated carbocycles. The fraction of sp³-hybridized carbons (Fsp3) is 0.211. The highest BCUT2D eigenvalue weighted by molar-refractivity contribution is 9.10. The zero-order valence-corrected chi connectivity index (χ0v) is 15.9. The fourth-order valence-electron chi connectivity index (χ4n) is 2.46. The number of pyridine rings is 1. The van der Waals surface area contributed by atoms with Gasteiger partial charge in [-0.3, -0.25) is 4.98 Å². The highest BCUT2D eigenvalue weighted by Crippen LogP contribution is 2.23. The maximum absolute atomic E-state index is 4.38. The standard InChI is InChI=1S/C19H20BrN5/c1-14-11-16(3-4-17(14)20)24-18-12-19(23-13-22-18)25(2)10-7-15-5-8-21-9-6-15/h3-6,8-9,11-13H,7,10H2,1-2H3,(H,22,23,24). The lowest BCUT2D eigenvalue weighted by atomic mass is 10.2. The van der Waals surface area contributed by atoms with E-state index in [4.69, 9.17) is 0 Å². The number of nitrogens with one attached hydrogen (secondary N) is 1. The molecule has 128 valence electrons. The van der Waals surface area contributed by atoms with Crippen LogP contribution in [0.2, 0.25) is 0 Å². The Morgan fingerprint density at radius 1 is 1.08 bits per heavy atom. The first-order chi connectivity index (χ1) is 12.1. The van der Waals surface area contributed by atoms with Crippen molar-refractivity contribution in [1.29, 1.82) is 0 Å². The summed E-state index contributed by atoms with van der Waals surface area (Å²) >= 11 is 3.52. The van der Waals surface area contributed by atoms with Crippen LogP contribution in [0.15, 0.2) is 59.6 Å². The van der Waals surface area contributed by atoms with Crippen molar-refractivity contribution in [2.24, 2.45) is 0 Å². The van der Waals surface area contributed by atoms with Crippen LogP contribution in [0.4, 0.5) is 17.3 Å².